The zero-order valence-electron chi connectivity index (χ0n) is 8.67. The van der Waals surface area contributed by atoms with Crippen LogP contribution in [0.1, 0.15) is 6.92 Å². The molecule has 0 radical (unpaired) electrons. The SMILES string of the molecule is CC1C(=O)NC(=O)CN1c1cncc(N)n1. The van der Waals surface area contributed by atoms with Crippen molar-refractivity contribution in [3.8, 4) is 0 Å². The molecule has 2 rings (SSSR count). The molecule has 84 valence electrons. The summed E-state index contributed by atoms with van der Waals surface area (Å²) in [5, 5.41) is 2.24. The molecule has 7 nitrogen and oxygen atoms in total. The van der Waals surface area contributed by atoms with E-state index < -0.39 is 6.04 Å². The van der Waals surface area contributed by atoms with E-state index in [0.717, 1.165) is 0 Å². The highest BCUT2D eigenvalue weighted by atomic mass is 16.2. The minimum Gasteiger partial charge on any atom is -0.382 e. The van der Waals surface area contributed by atoms with E-state index in [1.807, 2.05) is 0 Å². The number of anilines is 2. The van der Waals surface area contributed by atoms with Gasteiger partial charge >= 0.3 is 0 Å². The van der Waals surface area contributed by atoms with Crippen LogP contribution in [0.25, 0.3) is 0 Å². The number of carbonyl (C=O) groups is 2. The van der Waals surface area contributed by atoms with Crippen molar-refractivity contribution in [3.63, 3.8) is 0 Å². The third kappa shape index (κ3) is 1.79. The number of hydrogen-bond donors (Lipinski definition) is 2. The number of nitrogens with zero attached hydrogens (tertiary/aromatic N) is 3. The molecule has 1 aliphatic heterocycles. The number of hydrogen-bond acceptors (Lipinski definition) is 6. The van der Waals surface area contributed by atoms with E-state index in [9.17, 15) is 9.59 Å². The molecule has 0 saturated carbocycles. The molecule has 16 heavy (non-hydrogen) atoms. The molecule has 1 aromatic heterocycles. The molecule has 0 spiro atoms. The number of nitrogens with one attached hydrogen (secondary N) is 1. The van der Waals surface area contributed by atoms with Crippen LogP contribution < -0.4 is 16.0 Å². The average Bonchev–Trinajstić information content (AvgIpc) is 2.23. The van der Waals surface area contributed by atoms with E-state index in [-0.39, 0.29) is 24.2 Å². The molecule has 1 fully saturated rings. The highest BCUT2D eigenvalue weighted by molar-refractivity contribution is 6.04. The maximum Gasteiger partial charge on any atom is 0.249 e. The number of carbonyl (C=O) groups excluding carboxylic acids is 2. The predicted molar refractivity (Wildman–Crippen MR) is 56.4 cm³/mol. The Kier molecular flexibility index (Phi) is 2.43. The van der Waals surface area contributed by atoms with E-state index in [1.165, 1.54) is 12.4 Å². The van der Waals surface area contributed by atoms with Crippen molar-refractivity contribution < 1.29 is 9.59 Å². The van der Waals surface area contributed by atoms with Crippen molar-refractivity contribution in [3.05, 3.63) is 12.4 Å². The number of aromatic nitrogens is 2. The van der Waals surface area contributed by atoms with Gasteiger partial charge in [-0.2, -0.15) is 0 Å². The summed E-state index contributed by atoms with van der Waals surface area (Å²) in [4.78, 5) is 32.1. The minimum atomic E-state index is -0.464. The Hall–Kier alpha value is -2.18. The number of nitrogens with two attached hydrogens (primary N) is 1. The molecule has 1 aromatic rings. The van der Waals surface area contributed by atoms with Gasteiger partial charge in [-0.25, -0.2) is 4.98 Å². The summed E-state index contributed by atoms with van der Waals surface area (Å²) in [6, 6.07) is -0.464. The van der Waals surface area contributed by atoms with Crippen LogP contribution in [0.3, 0.4) is 0 Å². The van der Waals surface area contributed by atoms with Crippen LogP contribution in [0.5, 0.6) is 0 Å². The molecule has 3 N–H and O–H groups in total. The van der Waals surface area contributed by atoms with Gasteiger partial charge in [-0.15, -0.1) is 0 Å². The first kappa shape index (κ1) is 10.3. The number of amides is 2. The lowest BCUT2D eigenvalue weighted by Gasteiger charge is -2.32. The summed E-state index contributed by atoms with van der Waals surface area (Å²) in [5.41, 5.74) is 5.49. The van der Waals surface area contributed by atoms with Crippen molar-refractivity contribution in [1.29, 1.82) is 0 Å². The second-order valence-electron chi connectivity index (χ2n) is 3.52. The fraction of sp³-hybridized carbons (Fsp3) is 0.333. The Morgan fingerprint density at radius 2 is 2.25 bits per heavy atom. The summed E-state index contributed by atoms with van der Waals surface area (Å²) >= 11 is 0. The van der Waals surface area contributed by atoms with Crippen LogP contribution in [-0.2, 0) is 9.59 Å². The Bertz CT molecular complexity index is 447. The first-order valence-corrected chi connectivity index (χ1v) is 4.76. The molecular formula is C9H11N5O2. The first-order chi connectivity index (χ1) is 7.58. The molecule has 0 bridgehead atoms. The average molecular weight is 221 g/mol. The molecule has 2 heterocycles. The van der Waals surface area contributed by atoms with E-state index in [0.29, 0.717) is 5.82 Å². The summed E-state index contributed by atoms with van der Waals surface area (Å²) in [5.74, 6) is -0.0216. The molecule has 0 aliphatic carbocycles. The number of nitrogen functional groups attached to an aromatic ring is 1. The van der Waals surface area contributed by atoms with Crippen LogP contribution in [0.4, 0.5) is 11.6 Å². The Morgan fingerprint density at radius 3 is 2.94 bits per heavy atom. The van der Waals surface area contributed by atoms with Crippen molar-refractivity contribution in [2.75, 3.05) is 17.2 Å². The number of piperazine rings is 1. The fourth-order valence-electron chi connectivity index (χ4n) is 1.50. The van der Waals surface area contributed by atoms with Gasteiger partial charge in [-0.3, -0.25) is 19.9 Å². The lowest BCUT2D eigenvalue weighted by Crippen LogP contribution is -2.57. The second-order valence-corrected chi connectivity index (χ2v) is 3.52. The molecule has 2 amide bonds. The maximum absolute atomic E-state index is 11.4. The van der Waals surface area contributed by atoms with E-state index >= 15 is 0 Å². The van der Waals surface area contributed by atoms with Crippen LogP contribution in [0.2, 0.25) is 0 Å². The van der Waals surface area contributed by atoms with Crippen LogP contribution >= 0.6 is 0 Å². The topological polar surface area (TPSA) is 101 Å². The second kappa shape index (κ2) is 3.76. The predicted octanol–water partition coefficient (Wildman–Crippen LogP) is -1.09. The van der Waals surface area contributed by atoms with Crippen molar-refractivity contribution in [1.82, 2.24) is 15.3 Å². The third-order valence-electron chi connectivity index (χ3n) is 2.36. The van der Waals surface area contributed by atoms with Gasteiger partial charge in [0.15, 0.2) is 5.82 Å². The standard InChI is InChI=1S/C9H11N5O2/c1-5-9(16)13-8(15)4-14(5)7-3-11-2-6(10)12-7/h2-3,5H,4H2,1H3,(H2,10,12)(H,13,15,16). The first-order valence-electron chi connectivity index (χ1n) is 4.76. The van der Waals surface area contributed by atoms with E-state index in [2.05, 4.69) is 15.3 Å². The summed E-state index contributed by atoms with van der Waals surface area (Å²) < 4.78 is 0. The number of imide groups is 1. The van der Waals surface area contributed by atoms with Crippen LogP contribution in [0, 0.1) is 0 Å². The Morgan fingerprint density at radius 1 is 1.50 bits per heavy atom. The zero-order chi connectivity index (χ0) is 11.7. The Balaban J connectivity index is 2.32. The largest absolute Gasteiger partial charge is 0.382 e. The Labute approximate surface area is 91.7 Å². The van der Waals surface area contributed by atoms with E-state index in [1.54, 1.807) is 11.8 Å². The van der Waals surface area contributed by atoms with Gasteiger partial charge in [0, 0.05) is 0 Å². The van der Waals surface area contributed by atoms with Gasteiger partial charge in [0.2, 0.25) is 11.8 Å². The molecule has 1 aliphatic rings. The lowest BCUT2D eigenvalue weighted by molar-refractivity contribution is -0.132. The molecular weight excluding hydrogens is 210 g/mol. The van der Waals surface area contributed by atoms with Crippen LogP contribution in [0.15, 0.2) is 12.4 Å². The smallest absolute Gasteiger partial charge is 0.249 e. The summed E-state index contributed by atoms with van der Waals surface area (Å²) in [6.07, 6.45) is 2.87. The molecule has 1 atom stereocenters. The summed E-state index contributed by atoms with van der Waals surface area (Å²) in [6.45, 7) is 1.76. The van der Waals surface area contributed by atoms with Crippen molar-refractivity contribution >= 4 is 23.5 Å². The highest BCUT2D eigenvalue weighted by Gasteiger charge is 2.31. The molecule has 0 aromatic carbocycles. The highest BCUT2D eigenvalue weighted by Crippen LogP contribution is 2.16. The van der Waals surface area contributed by atoms with Gasteiger partial charge in [-0.05, 0) is 6.92 Å². The number of rotatable bonds is 1. The third-order valence-corrected chi connectivity index (χ3v) is 2.36. The maximum atomic E-state index is 11.4. The quantitative estimate of drug-likeness (QED) is 0.584. The zero-order valence-corrected chi connectivity index (χ0v) is 8.67. The van der Waals surface area contributed by atoms with Gasteiger partial charge in [0.25, 0.3) is 0 Å². The van der Waals surface area contributed by atoms with E-state index in [4.69, 9.17) is 5.73 Å². The van der Waals surface area contributed by atoms with Crippen LogP contribution in [-0.4, -0.2) is 34.4 Å². The van der Waals surface area contributed by atoms with Gasteiger partial charge in [0.1, 0.15) is 11.9 Å². The normalized spacial score (nSPS) is 20.8. The minimum absolute atomic E-state index is 0.0744. The van der Waals surface area contributed by atoms with Crippen molar-refractivity contribution in [2.24, 2.45) is 0 Å². The monoisotopic (exact) mass is 221 g/mol. The molecule has 1 saturated heterocycles. The summed E-state index contributed by atoms with van der Waals surface area (Å²) in [7, 11) is 0. The van der Waals surface area contributed by atoms with Gasteiger partial charge < -0.3 is 10.6 Å². The fourth-order valence-corrected chi connectivity index (χ4v) is 1.50. The molecule has 1 unspecified atom stereocenters. The molecule has 7 heteroatoms. The van der Waals surface area contributed by atoms with Crippen molar-refractivity contribution in [2.45, 2.75) is 13.0 Å². The van der Waals surface area contributed by atoms with Gasteiger partial charge in [-0.1, -0.05) is 0 Å². The van der Waals surface area contributed by atoms with Gasteiger partial charge in [0.05, 0.1) is 18.9 Å². The lowest BCUT2D eigenvalue weighted by atomic mass is 10.2.